The smallest absolute Gasteiger partial charge is 0.120 e. The van der Waals surface area contributed by atoms with Gasteiger partial charge in [0.25, 0.3) is 0 Å². The van der Waals surface area contributed by atoms with Crippen molar-refractivity contribution in [2.45, 2.75) is 45.1 Å². The Morgan fingerprint density at radius 2 is 2.17 bits per heavy atom. The Labute approximate surface area is 110 Å². The third-order valence-electron chi connectivity index (χ3n) is 4.22. The van der Waals surface area contributed by atoms with E-state index in [1.54, 1.807) is 6.26 Å². The second-order valence-electron chi connectivity index (χ2n) is 5.37. The highest BCUT2D eigenvalue weighted by atomic mass is 16.3. The molecule has 0 radical (unpaired) electrons. The van der Waals surface area contributed by atoms with E-state index < -0.39 is 0 Å². The second-order valence-corrected chi connectivity index (χ2v) is 5.37. The quantitative estimate of drug-likeness (QED) is 0.816. The minimum absolute atomic E-state index is 0.307. The van der Waals surface area contributed by atoms with Crippen LogP contribution < -0.4 is 5.32 Å². The van der Waals surface area contributed by atoms with E-state index in [0.717, 1.165) is 18.7 Å². The summed E-state index contributed by atoms with van der Waals surface area (Å²) in [4.78, 5) is 0. The van der Waals surface area contributed by atoms with Gasteiger partial charge < -0.3 is 14.8 Å². The van der Waals surface area contributed by atoms with Crippen LogP contribution in [0.25, 0.3) is 0 Å². The molecule has 0 spiro atoms. The molecule has 3 heteroatoms. The zero-order chi connectivity index (χ0) is 12.8. The lowest BCUT2D eigenvalue weighted by atomic mass is 9.79. The zero-order valence-corrected chi connectivity index (χ0v) is 11.3. The molecule has 1 saturated carbocycles. The van der Waals surface area contributed by atoms with E-state index in [4.69, 9.17) is 4.42 Å². The average molecular weight is 251 g/mol. The van der Waals surface area contributed by atoms with Gasteiger partial charge in [-0.3, -0.25) is 0 Å². The number of hydrogen-bond acceptors (Lipinski definition) is 3. The highest BCUT2D eigenvalue weighted by Gasteiger charge is 2.25. The van der Waals surface area contributed by atoms with Gasteiger partial charge in [-0.25, -0.2) is 0 Å². The van der Waals surface area contributed by atoms with E-state index in [1.165, 1.54) is 25.7 Å². The molecule has 1 fully saturated rings. The van der Waals surface area contributed by atoms with Gasteiger partial charge >= 0.3 is 0 Å². The predicted octanol–water partition coefficient (Wildman–Crippen LogP) is 3.12. The number of hydrogen-bond donors (Lipinski definition) is 2. The van der Waals surface area contributed by atoms with E-state index in [2.05, 4.69) is 12.2 Å². The van der Waals surface area contributed by atoms with E-state index >= 15 is 0 Å². The van der Waals surface area contributed by atoms with Crippen molar-refractivity contribution in [1.29, 1.82) is 0 Å². The van der Waals surface area contributed by atoms with Crippen LogP contribution in [0.1, 0.15) is 50.8 Å². The Morgan fingerprint density at radius 1 is 1.39 bits per heavy atom. The first kappa shape index (κ1) is 13.6. The maximum atomic E-state index is 9.42. The van der Waals surface area contributed by atoms with Gasteiger partial charge in [0.15, 0.2) is 0 Å². The molecule has 0 saturated heterocycles. The molecule has 1 heterocycles. The first-order chi connectivity index (χ1) is 8.85. The first-order valence-electron chi connectivity index (χ1n) is 7.22. The number of nitrogens with one attached hydrogen (secondary N) is 1. The molecular formula is C15H25NO2. The molecule has 1 aliphatic carbocycles. The zero-order valence-electron chi connectivity index (χ0n) is 11.3. The fourth-order valence-electron chi connectivity index (χ4n) is 3.02. The van der Waals surface area contributed by atoms with Crippen LogP contribution in [0.3, 0.4) is 0 Å². The van der Waals surface area contributed by atoms with Gasteiger partial charge in [0.05, 0.1) is 12.3 Å². The third-order valence-corrected chi connectivity index (χ3v) is 4.22. The van der Waals surface area contributed by atoms with Crippen molar-refractivity contribution in [3.05, 3.63) is 24.2 Å². The summed E-state index contributed by atoms with van der Waals surface area (Å²) in [6, 6.07) is 4.28. The molecule has 3 unspecified atom stereocenters. The SMILES string of the molecule is CCC(NCC1CCCCC1CO)c1ccco1. The lowest BCUT2D eigenvalue weighted by Gasteiger charge is -2.31. The van der Waals surface area contributed by atoms with Crippen molar-refractivity contribution >= 4 is 0 Å². The first-order valence-corrected chi connectivity index (χ1v) is 7.22. The number of furan rings is 1. The summed E-state index contributed by atoms with van der Waals surface area (Å²) in [6.45, 7) is 3.50. The number of aliphatic hydroxyl groups excluding tert-OH is 1. The van der Waals surface area contributed by atoms with Gasteiger partial charge in [-0.05, 0) is 49.8 Å². The fraction of sp³-hybridized carbons (Fsp3) is 0.733. The molecule has 2 N–H and O–H groups in total. The minimum atomic E-state index is 0.307. The van der Waals surface area contributed by atoms with Crippen LogP contribution in [0.2, 0.25) is 0 Å². The molecule has 0 aliphatic heterocycles. The van der Waals surface area contributed by atoms with Crippen LogP contribution in [-0.2, 0) is 0 Å². The van der Waals surface area contributed by atoms with E-state index in [-0.39, 0.29) is 0 Å². The molecule has 18 heavy (non-hydrogen) atoms. The normalized spacial score (nSPS) is 26.1. The number of rotatable bonds is 6. The lowest BCUT2D eigenvalue weighted by molar-refractivity contribution is 0.130. The van der Waals surface area contributed by atoms with Gasteiger partial charge in [0.1, 0.15) is 5.76 Å². The molecule has 102 valence electrons. The summed E-state index contributed by atoms with van der Waals surface area (Å²) in [5.41, 5.74) is 0. The van der Waals surface area contributed by atoms with E-state index in [0.29, 0.717) is 24.5 Å². The second kappa shape index (κ2) is 6.95. The van der Waals surface area contributed by atoms with E-state index in [9.17, 15) is 5.11 Å². The van der Waals surface area contributed by atoms with Gasteiger partial charge in [0.2, 0.25) is 0 Å². The van der Waals surface area contributed by atoms with Crippen molar-refractivity contribution in [3.8, 4) is 0 Å². The molecule has 1 aromatic heterocycles. The molecule has 3 atom stereocenters. The lowest BCUT2D eigenvalue weighted by Crippen LogP contribution is -2.34. The van der Waals surface area contributed by atoms with Crippen molar-refractivity contribution in [1.82, 2.24) is 5.32 Å². The molecule has 1 aliphatic rings. The van der Waals surface area contributed by atoms with Crippen LogP contribution in [0.4, 0.5) is 0 Å². The predicted molar refractivity (Wildman–Crippen MR) is 72.3 cm³/mol. The van der Waals surface area contributed by atoms with Crippen LogP contribution >= 0.6 is 0 Å². The summed E-state index contributed by atoms with van der Waals surface area (Å²) in [5, 5.41) is 13.0. The Kier molecular flexibility index (Phi) is 5.26. The summed E-state index contributed by atoms with van der Waals surface area (Å²) in [5.74, 6) is 2.13. The Bertz CT molecular complexity index is 323. The van der Waals surface area contributed by atoms with Gasteiger partial charge in [-0.15, -0.1) is 0 Å². The van der Waals surface area contributed by atoms with Crippen molar-refractivity contribution in [2.24, 2.45) is 11.8 Å². The van der Waals surface area contributed by atoms with Crippen LogP contribution in [0.5, 0.6) is 0 Å². The molecule has 0 aromatic carbocycles. The number of aliphatic hydroxyl groups is 1. The summed E-state index contributed by atoms with van der Waals surface area (Å²) in [7, 11) is 0. The molecule has 1 aromatic rings. The summed E-state index contributed by atoms with van der Waals surface area (Å²) in [6.07, 6.45) is 7.77. The molecular weight excluding hydrogens is 226 g/mol. The Hall–Kier alpha value is -0.800. The van der Waals surface area contributed by atoms with Gasteiger partial charge in [-0.1, -0.05) is 19.8 Å². The maximum Gasteiger partial charge on any atom is 0.120 e. The average Bonchev–Trinajstić information content (AvgIpc) is 2.94. The fourth-order valence-corrected chi connectivity index (χ4v) is 3.02. The standard InChI is InChI=1S/C15H25NO2/c1-2-14(15-8-5-9-18-15)16-10-12-6-3-4-7-13(12)11-17/h5,8-9,12-14,16-17H,2-4,6-7,10-11H2,1H3. The van der Waals surface area contributed by atoms with E-state index in [1.807, 2.05) is 12.1 Å². The van der Waals surface area contributed by atoms with Crippen LogP contribution in [-0.4, -0.2) is 18.3 Å². The maximum absolute atomic E-state index is 9.42. The van der Waals surface area contributed by atoms with Crippen LogP contribution in [0.15, 0.2) is 22.8 Å². The van der Waals surface area contributed by atoms with Gasteiger partial charge in [-0.2, -0.15) is 0 Å². The minimum Gasteiger partial charge on any atom is -0.468 e. The molecule has 2 rings (SSSR count). The third kappa shape index (κ3) is 3.36. The van der Waals surface area contributed by atoms with Crippen molar-refractivity contribution in [3.63, 3.8) is 0 Å². The topological polar surface area (TPSA) is 45.4 Å². The molecule has 0 amide bonds. The Morgan fingerprint density at radius 3 is 2.78 bits per heavy atom. The molecule has 3 nitrogen and oxygen atoms in total. The summed E-state index contributed by atoms with van der Waals surface area (Å²) >= 11 is 0. The van der Waals surface area contributed by atoms with Crippen molar-refractivity contribution in [2.75, 3.05) is 13.2 Å². The monoisotopic (exact) mass is 251 g/mol. The van der Waals surface area contributed by atoms with Gasteiger partial charge in [0, 0.05) is 6.61 Å². The highest BCUT2D eigenvalue weighted by Crippen LogP contribution is 2.30. The van der Waals surface area contributed by atoms with Crippen LogP contribution in [0, 0.1) is 11.8 Å². The molecule has 0 bridgehead atoms. The van der Waals surface area contributed by atoms with Crippen molar-refractivity contribution < 1.29 is 9.52 Å². The largest absolute Gasteiger partial charge is 0.468 e. The summed E-state index contributed by atoms with van der Waals surface area (Å²) < 4.78 is 5.47. The Balaban J connectivity index is 1.85. The highest BCUT2D eigenvalue weighted by molar-refractivity contribution is 5.04.